The molecule has 1 saturated heterocycles. The Bertz CT molecular complexity index is 745. The van der Waals surface area contributed by atoms with Crippen LogP contribution in [0.2, 0.25) is 0 Å². The highest BCUT2D eigenvalue weighted by atomic mass is 32.1. The number of H-pyrrole nitrogens is 1. The molecule has 0 spiro atoms. The van der Waals surface area contributed by atoms with E-state index in [-0.39, 0.29) is 16.6 Å². The Morgan fingerprint density at radius 2 is 1.87 bits per heavy atom. The second-order valence-corrected chi connectivity index (χ2v) is 6.67. The Morgan fingerprint density at radius 3 is 2.48 bits per heavy atom. The molecule has 7 heteroatoms. The maximum atomic E-state index is 13.1. The van der Waals surface area contributed by atoms with Gasteiger partial charge in [0, 0.05) is 44.5 Å². The molecule has 1 aliphatic rings. The van der Waals surface area contributed by atoms with Gasteiger partial charge >= 0.3 is 4.87 Å². The van der Waals surface area contributed by atoms with Crippen molar-refractivity contribution in [3.63, 3.8) is 0 Å². The van der Waals surface area contributed by atoms with E-state index in [0.717, 1.165) is 29.2 Å². The largest absolute Gasteiger partial charge is 0.340 e. The second kappa shape index (κ2) is 6.64. The number of benzene rings is 1. The van der Waals surface area contributed by atoms with Crippen molar-refractivity contribution in [2.75, 3.05) is 26.2 Å². The van der Waals surface area contributed by atoms with E-state index < -0.39 is 0 Å². The fraction of sp³-hybridized carbons (Fsp3) is 0.375. The number of rotatable bonds is 3. The van der Waals surface area contributed by atoms with E-state index in [1.807, 2.05) is 4.90 Å². The van der Waals surface area contributed by atoms with Crippen molar-refractivity contribution in [1.82, 2.24) is 14.8 Å². The van der Waals surface area contributed by atoms with Crippen LogP contribution in [0.4, 0.5) is 4.39 Å². The molecule has 0 radical (unpaired) electrons. The lowest BCUT2D eigenvalue weighted by atomic mass is 10.1. The van der Waals surface area contributed by atoms with Crippen molar-refractivity contribution in [1.29, 1.82) is 0 Å². The summed E-state index contributed by atoms with van der Waals surface area (Å²) in [5.74, 6) is -0.198. The maximum absolute atomic E-state index is 13.1. The molecular formula is C16H18FN3O2S. The van der Waals surface area contributed by atoms with Crippen molar-refractivity contribution in [2.45, 2.75) is 13.5 Å². The summed E-state index contributed by atoms with van der Waals surface area (Å²) in [6, 6.07) is 6.12. The standard InChI is InChI=1S/C16H18FN3O2S/c1-11(21)20-8-6-19(7-9-20)10-14-15(18-16(22)23-14)12-2-4-13(17)5-3-12/h2-5H,6-10H2,1H3,(H,18,22). The molecule has 2 aromatic rings. The number of piperazine rings is 1. The van der Waals surface area contributed by atoms with Gasteiger partial charge in [-0.15, -0.1) is 0 Å². The van der Waals surface area contributed by atoms with Gasteiger partial charge in [-0.25, -0.2) is 4.39 Å². The number of nitrogens with zero attached hydrogens (tertiary/aromatic N) is 2. The molecule has 0 atom stereocenters. The van der Waals surface area contributed by atoms with Gasteiger partial charge in [0.15, 0.2) is 0 Å². The summed E-state index contributed by atoms with van der Waals surface area (Å²) in [6.07, 6.45) is 0. The number of carbonyl (C=O) groups excluding carboxylic acids is 1. The fourth-order valence-electron chi connectivity index (χ4n) is 2.75. The topological polar surface area (TPSA) is 56.4 Å². The molecule has 0 aliphatic carbocycles. The normalized spacial score (nSPS) is 15.8. The summed E-state index contributed by atoms with van der Waals surface area (Å²) in [7, 11) is 0. The van der Waals surface area contributed by atoms with Crippen molar-refractivity contribution < 1.29 is 9.18 Å². The van der Waals surface area contributed by atoms with Gasteiger partial charge < -0.3 is 9.88 Å². The molecule has 2 heterocycles. The number of hydrogen-bond donors (Lipinski definition) is 1. The summed E-state index contributed by atoms with van der Waals surface area (Å²) in [5, 5.41) is 0. The SMILES string of the molecule is CC(=O)N1CCN(Cc2sc(=O)[nH]c2-c2ccc(F)cc2)CC1. The third kappa shape index (κ3) is 3.68. The second-order valence-electron chi connectivity index (χ2n) is 5.60. The number of aromatic nitrogens is 1. The van der Waals surface area contributed by atoms with Gasteiger partial charge in [0.1, 0.15) is 5.82 Å². The average molecular weight is 335 g/mol. The lowest BCUT2D eigenvalue weighted by molar-refractivity contribution is -0.130. The van der Waals surface area contributed by atoms with E-state index in [1.54, 1.807) is 19.1 Å². The first-order chi connectivity index (χ1) is 11.0. The molecule has 0 bridgehead atoms. The predicted molar refractivity (Wildman–Crippen MR) is 87.9 cm³/mol. The Kier molecular flexibility index (Phi) is 4.58. The highest BCUT2D eigenvalue weighted by Crippen LogP contribution is 2.25. The van der Waals surface area contributed by atoms with E-state index in [2.05, 4.69) is 9.88 Å². The van der Waals surface area contributed by atoms with E-state index in [1.165, 1.54) is 23.5 Å². The molecule has 122 valence electrons. The fourth-order valence-corrected chi connectivity index (χ4v) is 3.64. The van der Waals surface area contributed by atoms with Crippen LogP contribution in [0.3, 0.4) is 0 Å². The molecule has 23 heavy (non-hydrogen) atoms. The summed E-state index contributed by atoms with van der Waals surface area (Å²) in [6.45, 7) is 5.23. The number of aromatic amines is 1. The lowest BCUT2D eigenvalue weighted by Gasteiger charge is -2.34. The molecule has 1 aromatic heterocycles. The zero-order valence-electron chi connectivity index (χ0n) is 12.8. The molecule has 1 amide bonds. The molecule has 5 nitrogen and oxygen atoms in total. The molecule has 0 unspecified atom stereocenters. The summed E-state index contributed by atoms with van der Waals surface area (Å²) in [4.78, 5) is 30.9. The van der Waals surface area contributed by atoms with Crippen LogP contribution in [-0.2, 0) is 11.3 Å². The molecule has 0 saturated carbocycles. The number of nitrogens with one attached hydrogen (secondary N) is 1. The number of halogens is 1. The smallest absolute Gasteiger partial charge is 0.305 e. The van der Waals surface area contributed by atoms with Crippen LogP contribution >= 0.6 is 11.3 Å². The Morgan fingerprint density at radius 1 is 1.22 bits per heavy atom. The summed E-state index contributed by atoms with van der Waals surface area (Å²) in [5.41, 5.74) is 1.57. The van der Waals surface area contributed by atoms with E-state index in [9.17, 15) is 14.0 Å². The third-order valence-corrected chi connectivity index (χ3v) is 4.91. The predicted octanol–water partition coefficient (Wildman–Crippen LogP) is 1.91. The first-order valence-electron chi connectivity index (χ1n) is 7.49. The van der Waals surface area contributed by atoms with Crippen molar-refractivity contribution in [3.8, 4) is 11.3 Å². The Labute approximate surface area is 137 Å². The van der Waals surface area contributed by atoms with Crippen molar-refractivity contribution in [3.05, 3.63) is 44.6 Å². The maximum Gasteiger partial charge on any atom is 0.305 e. The van der Waals surface area contributed by atoms with E-state index in [0.29, 0.717) is 19.6 Å². The van der Waals surface area contributed by atoms with Crippen LogP contribution in [0, 0.1) is 5.82 Å². The molecule has 1 aromatic carbocycles. The van der Waals surface area contributed by atoms with Gasteiger partial charge in [-0.05, 0) is 29.8 Å². The minimum Gasteiger partial charge on any atom is -0.340 e. The van der Waals surface area contributed by atoms with Crippen LogP contribution in [0.1, 0.15) is 11.8 Å². The van der Waals surface area contributed by atoms with Gasteiger partial charge in [-0.3, -0.25) is 14.5 Å². The number of amides is 1. The van der Waals surface area contributed by atoms with E-state index in [4.69, 9.17) is 0 Å². The minimum absolute atomic E-state index is 0.1000. The summed E-state index contributed by atoms with van der Waals surface area (Å²) >= 11 is 1.19. The number of thiazole rings is 1. The van der Waals surface area contributed by atoms with Crippen LogP contribution in [-0.4, -0.2) is 46.9 Å². The monoisotopic (exact) mass is 335 g/mol. The first kappa shape index (κ1) is 15.9. The first-order valence-corrected chi connectivity index (χ1v) is 8.30. The van der Waals surface area contributed by atoms with E-state index >= 15 is 0 Å². The summed E-state index contributed by atoms with van der Waals surface area (Å²) < 4.78 is 13.1. The molecule has 1 N–H and O–H groups in total. The highest BCUT2D eigenvalue weighted by Gasteiger charge is 2.20. The molecular weight excluding hydrogens is 317 g/mol. The van der Waals surface area contributed by atoms with Crippen LogP contribution in [0.15, 0.2) is 29.1 Å². The van der Waals surface area contributed by atoms with Crippen molar-refractivity contribution in [2.24, 2.45) is 0 Å². The molecule has 3 rings (SSSR count). The zero-order chi connectivity index (χ0) is 16.4. The van der Waals surface area contributed by atoms with Gasteiger partial charge in [-0.1, -0.05) is 11.3 Å². The van der Waals surface area contributed by atoms with Crippen LogP contribution < -0.4 is 4.87 Å². The van der Waals surface area contributed by atoms with Gasteiger partial charge in [0.25, 0.3) is 0 Å². The molecule has 1 fully saturated rings. The van der Waals surface area contributed by atoms with Crippen molar-refractivity contribution >= 4 is 17.2 Å². The van der Waals surface area contributed by atoms with Crippen LogP contribution in [0.25, 0.3) is 11.3 Å². The number of carbonyl (C=O) groups is 1. The minimum atomic E-state index is -0.298. The Balaban J connectivity index is 1.75. The highest BCUT2D eigenvalue weighted by molar-refractivity contribution is 7.09. The third-order valence-electron chi connectivity index (χ3n) is 4.04. The zero-order valence-corrected chi connectivity index (χ0v) is 13.7. The van der Waals surface area contributed by atoms with Gasteiger partial charge in [-0.2, -0.15) is 0 Å². The quantitative estimate of drug-likeness (QED) is 0.932. The average Bonchev–Trinajstić information content (AvgIpc) is 2.89. The Hall–Kier alpha value is -1.99. The molecule has 1 aliphatic heterocycles. The van der Waals surface area contributed by atoms with Crippen LogP contribution in [0.5, 0.6) is 0 Å². The van der Waals surface area contributed by atoms with Gasteiger partial charge in [0.2, 0.25) is 5.91 Å². The lowest BCUT2D eigenvalue weighted by Crippen LogP contribution is -2.47. The number of hydrogen-bond acceptors (Lipinski definition) is 4. The van der Waals surface area contributed by atoms with Gasteiger partial charge in [0.05, 0.1) is 5.69 Å².